The monoisotopic (exact) mass is 417 g/mol. The maximum absolute atomic E-state index is 12.8. The van der Waals surface area contributed by atoms with E-state index in [1.54, 1.807) is 30.7 Å². The lowest BCUT2D eigenvalue weighted by Gasteiger charge is -2.09. The first-order valence-electron chi connectivity index (χ1n) is 9.27. The van der Waals surface area contributed by atoms with Crippen molar-refractivity contribution in [2.24, 2.45) is 7.05 Å². The number of amides is 1. The van der Waals surface area contributed by atoms with Crippen LogP contribution in [0.15, 0.2) is 94.1 Å². The summed E-state index contributed by atoms with van der Waals surface area (Å²) < 4.78 is 3.36. The van der Waals surface area contributed by atoms with E-state index in [0.717, 1.165) is 15.6 Å². The van der Waals surface area contributed by atoms with Crippen molar-refractivity contribution >= 4 is 23.4 Å². The lowest BCUT2D eigenvalue weighted by molar-refractivity contribution is 0.102. The van der Waals surface area contributed by atoms with E-state index in [1.807, 2.05) is 54.1 Å². The van der Waals surface area contributed by atoms with Gasteiger partial charge in [0.05, 0.1) is 6.54 Å². The molecule has 0 aliphatic rings. The number of nitrogens with zero attached hydrogens (tertiary/aromatic N) is 4. The summed E-state index contributed by atoms with van der Waals surface area (Å²) in [5.74, 6) is -0.434. The summed E-state index contributed by atoms with van der Waals surface area (Å²) in [6, 6.07) is 20.3. The Bertz CT molecular complexity index is 1220. The Morgan fingerprint density at radius 1 is 1.03 bits per heavy atom. The van der Waals surface area contributed by atoms with Gasteiger partial charge in [0.1, 0.15) is 11.9 Å². The van der Waals surface area contributed by atoms with E-state index in [-0.39, 0.29) is 11.1 Å². The molecule has 2 aromatic carbocycles. The molecule has 0 spiro atoms. The van der Waals surface area contributed by atoms with Crippen LogP contribution in [0.3, 0.4) is 0 Å². The molecule has 0 bridgehead atoms. The van der Waals surface area contributed by atoms with Gasteiger partial charge in [0.15, 0.2) is 5.16 Å². The molecule has 0 fully saturated rings. The van der Waals surface area contributed by atoms with Crippen LogP contribution in [0, 0.1) is 0 Å². The van der Waals surface area contributed by atoms with Crippen molar-refractivity contribution in [3.8, 4) is 0 Å². The molecule has 0 radical (unpaired) electrons. The number of hydrogen-bond donors (Lipinski definition) is 1. The lowest BCUT2D eigenvalue weighted by atomic mass is 10.2. The van der Waals surface area contributed by atoms with Crippen molar-refractivity contribution in [1.29, 1.82) is 0 Å². The van der Waals surface area contributed by atoms with E-state index in [1.165, 1.54) is 22.4 Å². The Balaban J connectivity index is 1.47. The summed E-state index contributed by atoms with van der Waals surface area (Å²) in [6.45, 7) is 0.411. The van der Waals surface area contributed by atoms with Crippen LogP contribution >= 0.6 is 11.8 Å². The molecule has 150 valence electrons. The minimum Gasteiger partial charge on any atom is -0.322 e. The second-order valence-electron chi connectivity index (χ2n) is 6.65. The third kappa shape index (κ3) is 4.49. The molecule has 0 saturated carbocycles. The van der Waals surface area contributed by atoms with Crippen LogP contribution in [-0.2, 0) is 13.6 Å². The van der Waals surface area contributed by atoms with Gasteiger partial charge in [-0.1, -0.05) is 30.3 Å². The topological polar surface area (TPSA) is 81.8 Å². The second-order valence-corrected chi connectivity index (χ2v) is 7.69. The van der Waals surface area contributed by atoms with Gasteiger partial charge in [-0.15, -0.1) is 10.2 Å². The first-order valence-corrected chi connectivity index (χ1v) is 10.1. The maximum atomic E-state index is 12.8. The molecule has 0 aliphatic heterocycles. The minimum absolute atomic E-state index is 0.103. The highest BCUT2D eigenvalue weighted by molar-refractivity contribution is 7.99. The van der Waals surface area contributed by atoms with Gasteiger partial charge in [0.25, 0.3) is 11.5 Å². The molecule has 4 aromatic rings. The zero-order chi connectivity index (χ0) is 20.9. The summed E-state index contributed by atoms with van der Waals surface area (Å²) in [7, 11) is 1.88. The summed E-state index contributed by atoms with van der Waals surface area (Å²) in [4.78, 5) is 26.4. The molecule has 2 heterocycles. The van der Waals surface area contributed by atoms with Crippen molar-refractivity contribution in [1.82, 2.24) is 19.3 Å². The molecule has 0 atom stereocenters. The number of rotatable bonds is 6. The zero-order valence-electron chi connectivity index (χ0n) is 16.2. The Morgan fingerprint density at radius 2 is 1.80 bits per heavy atom. The number of carbonyl (C=O) groups excluding carboxylic acids is 1. The lowest BCUT2D eigenvalue weighted by Crippen LogP contribution is -2.29. The van der Waals surface area contributed by atoms with Crippen LogP contribution in [0.25, 0.3) is 0 Å². The fraction of sp³-hybridized carbons (Fsp3) is 0.0909. The number of anilines is 1. The Hall–Kier alpha value is -3.65. The Kier molecular flexibility index (Phi) is 5.76. The van der Waals surface area contributed by atoms with E-state index in [9.17, 15) is 9.59 Å². The number of aromatic nitrogens is 4. The average molecular weight is 417 g/mol. The normalized spacial score (nSPS) is 10.7. The van der Waals surface area contributed by atoms with Gasteiger partial charge < -0.3 is 14.5 Å². The average Bonchev–Trinajstić information content (AvgIpc) is 3.16. The van der Waals surface area contributed by atoms with Gasteiger partial charge in [-0.05, 0) is 53.7 Å². The quantitative estimate of drug-likeness (QED) is 0.520. The van der Waals surface area contributed by atoms with Crippen molar-refractivity contribution in [3.63, 3.8) is 0 Å². The van der Waals surface area contributed by atoms with Crippen molar-refractivity contribution in [3.05, 3.63) is 101 Å². The molecular weight excluding hydrogens is 398 g/mol. The first-order chi connectivity index (χ1) is 14.6. The fourth-order valence-corrected chi connectivity index (χ4v) is 3.65. The summed E-state index contributed by atoms with van der Waals surface area (Å²) in [5, 5.41) is 11.5. The predicted molar refractivity (Wildman–Crippen MR) is 116 cm³/mol. The molecule has 8 heteroatoms. The molecule has 1 N–H and O–H groups in total. The molecule has 30 heavy (non-hydrogen) atoms. The number of aryl methyl sites for hydroxylation is 1. The summed E-state index contributed by atoms with van der Waals surface area (Å²) in [6.07, 6.45) is 3.33. The van der Waals surface area contributed by atoms with Gasteiger partial charge in [0, 0.05) is 23.8 Å². The maximum Gasteiger partial charge on any atom is 0.263 e. The van der Waals surface area contributed by atoms with E-state index < -0.39 is 5.91 Å². The van der Waals surface area contributed by atoms with Crippen molar-refractivity contribution in [2.45, 2.75) is 16.6 Å². The molecule has 0 aliphatic carbocycles. The third-order valence-electron chi connectivity index (χ3n) is 4.45. The highest BCUT2D eigenvalue weighted by Crippen LogP contribution is 2.26. The fourth-order valence-electron chi connectivity index (χ4n) is 2.89. The summed E-state index contributed by atoms with van der Waals surface area (Å²) in [5.41, 5.74) is 1.38. The van der Waals surface area contributed by atoms with Crippen LogP contribution in [-0.4, -0.2) is 25.2 Å². The van der Waals surface area contributed by atoms with Gasteiger partial charge in [0.2, 0.25) is 0 Å². The number of pyridine rings is 1. The molecule has 2 aromatic heterocycles. The van der Waals surface area contributed by atoms with E-state index in [0.29, 0.717) is 12.2 Å². The Labute approximate surface area is 177 Å². The number of hydrogen-bond acceptors (Lipinski definition) is 5. The van der Waals surface area contributed by atoms with Gasteiger partial charge in [-0.2, -0.15) is 0 Å². The van der Waals surface area contributed by atoms with Crippen LogP contribution in [0.2, 0.25) is 0 Å². The van der Waals surface area contributed by atoms with Crippen LogP contribution < -0.4 is 10.9 Å². The number of carbonyl (C=O) groups is 1. The van der Waals surface area contributed by atoms with E-state index in [4.69, 9.17) is 0 Å². The van der Waals surface area contributed by atoms with E-state index >= 15 is 0 Å². The third-order valence-corrected chi connectivity index (χ3v) is 5.51. The zero-order valence-corrected chi connectivity index (χ0v) is 17.0. The highest BCUT2D eigenvalue weighted by atomic mass is 32.2. The van der Waals surface area contributed by atoms with E-state index in [2.05, 4.69) is 15.5 Å². The van der Waals surface area contributed by atoms with Crippen LogP contribution in [0.1, 0.15) is 15.9 Å². The molecule has 1 amide bonds. The first kappa shape index (κ1) is 19.7. The van der Waals surface area contributed by atoms with Gasteiger partial charge in [-0.25, -0.2) is 0 Å². The Morgan fingerprint density at radius 3 is 2.50 bits per heavy atom. The van der Waals surface area contributed by atoms with Crippen molar-refractivity contribution < 1.29 is 4.79 Å². The molecule has 0 unspecified atom stereocenters. The van der Waals surface area contributed by atoms with Gasteiger partial charge >= 0.3 is 0 Å². The number of benzene rings is 2. The molecule has 4 rings (SSSR count). The standard InChI is InChI=1S/C22H19N5O2S/c1-26-15-23-25-22(26)30-18-11-9-17(10-12-18)24-20(28)19-8-5-13-27(21(19)29)14-16-6-3-2-4-7-16/h2-13,15H,14H2,1H3,(H,24,28). The SMILES string of the molecule is Cn1cnnc1Sc1ccc(NC(=O)c2cccn(Cc3ccccc3)c2=O)cc1. The molecule has 0 saturated heterocycles. The molecular formula is C22H19N5O2S. The van der Waals surface area contributed by atoms with Crippen molar-refractivity contribution in [2.75, 3.05) is 5.32 Å². The van der Waals surface area contributed by atoms with Gasteiger partial charge in [-0.3, -0.25) is 9.59 Å². The van der Waals surface area contributed by atoms with Crippen LogP contribution in [0.5, 0.6) is 0 Å². The smallest absolute Gasteiger partial charge is 0.263 e. The predicted octanol–water partition coefficient (Wildman–Crippen LogP) is 3.43. The second kappa shape index (κ2) is 8.79. The summed E-state index contributed by atoms with van der Waals surface area (Å²) >= 11 is 1.47. The highest BCUT2D eigenvalue weighted by Gasteiger charge is 2.13. The number of nitrogens with one attached hydrogen (secondary N) is 1. The molecule has 7 nitrogen and oxygen atoms in total. The minimum atomic E-state index is -0.434. The largest absolute Gasteiger partial charge is 0.322 e. The van der Waals surface area contributed by atoms with Crippen LogP contribution in [0.4, 0.5) is 5.69 Å².